The molecule has 0 radical (unpaired) electrons. The Kier molecular flexibility index (Phi) is 5.72. The summed E-state index contributed by atoms with van der Waals surface area (Å²) in [5.41, 5.74) is 1.80. The molecular formula is C20H19N3O2. The standard InChI is InChI=1S/C20H19N3O2/c24-19(13-7-10-16-8-3-1-4-9-16)23-17-14-21-20(22-15-17)25-18-11-5-2-6-12-18/h1-6,8-9,11-12,14-15H,7,10,13H2,(H,23,24). The SMILES string of the molecule is O=C(CCCc1ccccc1)Nc1cnc(Oc2ccccc2)nc1. The number of amides is 1. The van der Waals surface area contributed by atoms with Crippen LogP contribution in [0.25, 0.3) is 0 Å². The van der Waals surface area contributed by atoms with Gasteiger partial charge < -0.3 is 10.1 Å². The van der Waals surface area contributed by atoms with Gasteiger partial charge in [0.15, 0.2) is 0 Å². The fraction of sp³-hybridized carbons (Fsp3) is 0.150. The number of carbonyl (C=O) groups is 1. The van der Waals surface area contributed by atoms with Gasteiger partial charge in [0, 0.05) is 6.42 Å². The topological polar surface area (TPSA) is 64.1 Å². The number of benzene rings is 2. The van der Waals surface area contributed by atoms with Crippen LogP contribution in [0.4, 0.5) is 5.69 Å². The zero-order chi connectivity index (χ0) is 17.3. The van der Waals surface area contributed by atoms with Gasteiger partial charge in [-0.2, -0.15) is 0 Å². The number of rotatable bonds is 7. The lowest BCUT2D eigenvalue weighted by atomic mass is 10.1. The lowest BCUT2D eigenvalue weighted by Gasteiger charge is -2.06. The van der Waals surface area contributed by atoms with Gasteiger partial charge in [0.25, 0.3) is 0 Å². The van der Waals surface area contributed by atoms with E-state index in [2.05, 4.69) is 27.4 Å². The molecule has 25 heavy (non-hydrogen) atoms. The quantitative estimate of drug-likeness (QED) is 0.703. The first-order valence-electron chi connectivity index (χ1n) is 8.18. The molecule has 0 bridgehead atoms. The minimum Gasteiger partial charge on any atom is -0.424 e. The Morgan fingerprint density at radius 3 is 2.24 bits per heavy atom. The summed E-state index contributed by atoms with van der Waals surface area (Å²) in [7, 11) is 0. The number of carbonyl (C=O) groups excluding carboxylic acids is 1. The van der Waals surface area contributed by atoms with Crippen molar-refractivity contribution >= 4 is 11.6 Å². The molecule has 0 aliphatic carbocycles. The largest absolute Gasteiger partial charge is 0.424 e. The second-order valence-corrected chi connectivity index (χ2v) is 5.56. The van der Waals surface area contributed by atoms with Crippen LogP contribution >= 0.6 is 0 Å². The van der Waals surface area contributed by atoms with Crippen LogP contribution < -0.4 is 10.1 Å². The van der Waals surface area contributed by atoms with Gasteiger partial charge in [0.2, 0.25) is 5.91 Å². The van der Waals surface area contributed by atoms with Crippen LogP contribution in [0.1, 0.15) is 18.4 Å². The zero-order valence-electron chi connectivity index (χ0n) is 13.8. The van der Waals surface area contributed by atoms with E-state index in [1.807, 2.05) is 48.5 Å². The van der Waals surface area contributed by atoms with Crippen molar-refractivity contribution in [1.29, 1.82) is 0 Å². The Balaban J connectivity index is 1.45. The van der Waals surface area contributed by atoms with Crippen LogP contribution in [0, 0.1) is 0 Å². The molecular weight excluding hydrogens is 314 g/mol. The van der Waals surface area contributed by atoms with Gasteiger partial charge in [-0.05, 0) is 30.5 Å². The molecule has 0 saturated heterocycles. The van der Waals surface area contributed by atoms with Gasteiger partial charge in [0.05, 0.1) is 18.1 Å². The molecule has 2 aromatic carbocycles. The molecule has 1 amide bonds. The highest BCUT2D eigenvalue weighted by Crippen LogP contribution is 2.17. The maximum Gasteiger partial charge on any atom is 0.322 e. The number of aromatic nitrogens is 2. The second kappa shape index (κ2) is 8.59. The average molecular weight is 333 g/mol. The van der Waals surface area contributed by atoms with E-state index in [4.69, 9.17) is 4.74 Å². The lowest BCUT2D eigenvalue weighted by molar-refractivity contribution is -0.116. The average Bonchev–Trinajstić information content (AvgIpc) is 2.65. The van der Waals surface area contributed by atoms with Crippen molar-refractivity contribution in [2.75, 3.05) is 5.32 Å². The van der Waals surface area contributed by atoms with E-state index < -0.39 is 0 Å². The molecule has 0 atom stereocenters. The van der Waals surface area contributed by atoms with Gasteiger partial charge in [-0.25, -0.2) is 9.97 Å². The molecule has 1 N–H and O–H groups in total. The molecule has 3 aromatic rings. The van der Waals surface area contributed by atoms with Crippen LogP contribution in [0.15, 0.2) is 73.1 Å². The first-order chi connectivity index (χ1) is 12.3. The van der Waals surface area contributed by atoms with Crippen molar-refractivity contribution in [3.05, 3.63) is 78.6 Å². The summed E-state index contributed by atoms with van der Waals surface area (Å²) >= 11 is 0. The van der Waals surface area contributed by atoms with E-state index in [1.165, 1.54) is 5.56 Å². The molecule has 0 aliphatic rings. The predicted molar refractivity (Wildman–Crippen MR) is 96.6 cm³/mol. The molecule has 0 aliphatic heterocycles. The molecule has 0 fully saturated rings. The van der Waals surface area contributed by atoms with Gasteiger partial charge in [-0.15, -0.1) is 0 Å². The predicted octanol–water partition coefficient (Wildman–Crippen LogP) is 4.23. The number of ether oxygens (including phenoxy) is 1. The maximum absolute atomic E-state index is 12.0. The van der Waals surface area contributed by atoms with Gasteiger partial charge in [-0.1, -0.05) is 48.5 Å². The number of nitrogens with zero attached hydrogens (tertiary/aromatic N) is 2. The van der Waals surface area contributed by atoms with Crippen molar-refractivity contribution < 1.29 is 9.53 Å². The summed E-state index contributed by atoms with van der Waals surface area (Å²) in [5.74, 6) is 0.622. The third kappa shape index (κ3) is 5.42. The van der Waals surface area contributed by atoms with Crippen LogP contribution in [0.3, 0.4) is 0 Å². The molecule has 1 heterocycles. The van der Waals surface area contributed by atoms with Gasteiger partial charge >= 0.3 is 6.01 Å². The molecule has 3 rings (SSSR count). The summed E-state index contributed by atoms with van der Waals surface area (Å²) in [6.07, 6.45) is 5.22. The maximum atomic E-state index is 12.0. The van der Waals surface area contributed by atoms with Crippen LogP contribution in [-0.2, 0) is 11.2 Å². The fourth-order valence-corrected chi connectivity index (χ4v) is 2.35. The third-order valence-corrected chi connectivity index (χ3v) is 3.58. The van der Waals surface area contributed by atoms with E-state index in [9.17, 15) is 4.79 Å². The van der Waals surface area contributed by atoms with Crippen molar-refractivity contribution in [1.82, 2.24) is 9.97 Å². The highest BCUT2D eigenvalue weighted by molar-refractivity contribution is 5.90. The lowest BCUT2D eigenvalue weighted by Crippen LogP contribution is -2.12. The van der Waals surface area contributed by atoms with Crippen molar-refractivity contribution in [3.8, 4) is 11.8 Å². The molecule has 1 aromatic heterocycles. The monoisotopic (exact) mass is 333 g/mol. The van der Waals surface area contributed by atoms with Gasteiger partial charge in [0.1, 0.15) is 5.75 Å². The molecule has 5 nitrogen and oxygen atoms in total. The summed E-state index contributed by atoms with van der Waals surface area (Å²) in [5, 5.41) is 2.80. The van der Waals surface area contributed by atoms with Crippen molar-refractivity contribution in [2.45, 2.75) is 19.3 Å². The molecule has 126 valence electrons. The smallest absolute Gasteiger partial charge is 0.322 e. The number of anilines is 1. The number of para-hydroxylation sites is 1. The first-order valence-corrected chi connectivity index (χ1v) is 8.18. The van der Waals surface area contributed by atoms with E-state index in [0.29, 0.717) is 17.9 Å². The zero-order valence-corrected chi connectivity index (χ0v) is 13.8. The number of hydrogen-bond acceptors (Lipinski definition) is 4. The van der Waals surface area contributed by atoms with Crippen molar-refractivity contribution in [2.24, 2.45) is 0 Å². The van der Waals surface area contributed by atoms with Crippen LogP contribution in [0.2, 0.25) is 0 Å². The van der Waals surface area contributed by atoms with E-state index in [0.717, 1.165) is 12.8 Å². The minimum absolute atomic E-state index is 0.0451. The normalized spacial score (nSPS) is 10.2. The molecule has 5 heteroatoms. The first kappa shape index (κ1) is 16.6. The summed E-state index contributed by atoms with van der Waals surface area (Å²) in [6, 6.07) is 19.7. The Morgan fingerprint density at radius 1 is 0.920 bits per heavy atom. The van der Waals surface area contributed by atoms with E-state index >= 15 is 0 Å². The van der Waals surface area contributed by atoms with Crippen LogP contribution in [-0.4, -0.2) is 15.9 Å². The summed E-state index contributed by atoms with van der Waals surface area (Å²) in [6.45, 7) is 0. The Hall–Kier alpha value is -3.21. The number of aryl methyl sites for hydroxylation is 1. The Bertz CT molecular complexity index is 790. The Morgan fingerprint density at radius 2 is 1.56 bits per heavy atom. The molecule has 0 saturated carbocycles. The van der Waals surface area contributed by atoms with Gasteiger partial charge in [-0.3, -0.25) is 4.79 Å². The molecule has 0 unspecified atom stereocenters. The summed E-state index contributed by atoms with van der Waals surface area (Å²) < 4.78 is 5.52. The second-order valence-electron chi connectivity index (χ2n) is 5.56. The highest BCUT2D eigenvalue weighted by atomic mass is 16.5. The number of nitrogens with one attached hydrogen (secondary N) is 1. The minimum atomic E-state index is -0.0451. The fourth-order valence-electron chi connectivity index (χ4n) is 2.35. The van der Waals surface area contributed by atoms with Crippen molar-refractivity contribution in [3.63, 3.8) is 0 Å². The van der Waals surface area contributed by atoms with E-state index in [-0.39, 0.29) is 11.9 Å². The summed E-state index contributed by atoms with van der Waals surface area (Å²) in [4.78, 5) is 20.2. The molecule has 0 spiro atoms. The Labute approximate surface area is 146 Å². The number of hydrogen-bond donors (Lipinski definition) is 1. The third-order valence-electron chi connectivity index (χ3n) is 3.58. The van der Waals surface area contributed by atoms with Crippen LogP contribution in [0.5, 0.6) is 11.8 Å². The highest BCUT2D eigenvalue weighted by Gasteiger charge is 2.05. The van der Waals surface area contributed by atoms with E-state index in [1.54, 1.807) is 12.4 Å².